The van der Waals surface area contributed by atoms with Gasteiger partial charge in [-0.1, -0.05) is 24.3 Å². The molecule has 1 aromatic carbocycles. The lowest BCUT2D eigenvalue weighted by Gasteiger charge is -2.06. The second-order valence-corrected chi connectivity index (χ2v) is 5.65. The number of hydrogen-bond acceptors (Lipinski definition) is 3. The second kappa shape index (κ2) is 4.71. The molecule has 124 valence electrons. The SMILES string of the molecule is FC(F)(F)c1nnc2ccc(-c3ccc([C@H]4CC4(F)F)cc3)nn12. The quantitative estimate of drug-likeness (QED) is 0.664. The van der Waals surface area contributed by atoms with E-state index in [2.05, 4.69) is 15.3 Å². The summed E-state index contributed by atoms with van der Waals surface area (Å²) in [6.07, 6.45) is -4.85. The molecule has 0 unspecified atom stereocenters. The Labute approximate surface area is 131 Å². The van der Waals surface area contributed by atoms with Gasteiger partial charge >= 0.3 is 6.18 Å². The van der Waals surface area contributed by atoms with E-state index in [4.69, 9.17) is 0 Å². The first kappa shape index (κ1) is 15.0. The minimum absolute atomic E-state index is 0.0275. The molecule has 9 heteroatoms. The van der Waals surface area contributed by atoms with E-state index in [-0.39, 0.29) is 17.8 Å². The summed E-state index contributed by atoms with van der Waals surface area (Å²) in [5, 5.41) is 10.4. The number of aromatic nitrogens is 4. The standard InChI is InChI=1S/C15H9F5N4/c16-14(17)7-10(14)8-1-3-9(4-2-8)11-5-6-12-21-22-13(15(18,19)20)24(12)23-11/h1-6,10H,7H2/t10-/m1/s1. The van der Waals surface area contributed by atoms with E-state index in [0.717, 1.165) is 0 Å². The Kier molecular flexibility index (Phi) is 2.94. The van der Waals surface area contributed by atoms with Gasteiger partial charge in [-0.25, -0.2) is 8.78 Å². The summed E-state index contributed by atoms with van der Waals surface area (Å²) in [6.45, 7) is 0. The highest BCUT2D eigenvalue weighted by Crippen LogP contribution is 2.55. The smallest absolute Gasteiger partial charge is 0.206 e. The summed E-state index contributed by atoms with van der Waals surface area (Å²) in [5.41, 5.74) is 1.26. The van der Waals surface area contributed by atoms with Crippen LogP contribution in [-0.4, -0.2) is 25.7 Å². The zero-order chi connectivity index (χ0) is 17.1. The van der Waals surface area contributed by atoms with Crippen LogP contribution in [-0.2, 0) is 6.18 Å². The van der Waals surface area contributed by atoms with Gasteiger partial charge < -0.3 is 0 Å². The molecule has 0 N–H and O–H groups in total. The van der Waals surface area contributed by atoms with E-state index >= 15 is 0 Å². The molecule has 1 aliphatic carbocycles. The van der Waals surface area contributed by atoms with Crippen molar-refractivity contribution < 1.29 is 22.0 Å². The monoisotopic (exact) mass is 340 g/mol. The van der Waals surface area contributed by atoms with Gasteiger partial charge in [-0.15, -0.1) is 10.2 Å². The van der Waals surface area contributed by atoms with Crippen molar-refractivity contribution in [2.45, 2.75) is 24.4 Å². The van der Waals surface area contributed by atoms with Gasteiger partial charge in [0, 0.05) is 12.0 Å². The summed E-state index contributed by atoms with van der Waals surface area (Å²) in [7, 11) is 0. The van der Waals surface area contributed by atoms with Crippen LogP contribution >= 0.6 is 0 Å². The average molecular weight is 340 g/mol. The third kappa shape index (κ3) is 2.40. The van der Waals surface area contributed by atoms with Crippen molar-refractivity contribution >= 4 is 5.65 Å². The maximum absolute atomic E-state index is 13.1. The van der Waals surface area contributed by atoms with E-state index in [0.29, 0.717) is 15.6 Å². The predicted octanol–water partition coefficient (Wildman–Crippen LogP) is 3.93. The van der Waals surface area contributed by atoms with Crippen LogP contribution in [0.15, 0.2) is 36.4 Å². The summed E-state index contributed by atoms with van der Waals surface area (Å²) >= 11 is 0. The van der Waals surface area contributed by atoms with Gasteiger partial charge in [-0.2, -0.15) is 22.8 Å². The van der Waals surface area contributed by atoms with Gasteiger partial charge in [0.1, 0.15) is 0 Å². The van der Waals surface area contributed by atoms with Crippen LogP contribution in [0.5, 0.6) is 0 Å². The molecule has 0 aliphatic heterocycles. The van der Waals surface area contributed by atoms with E-state index in [1.54, 1.807) is 24.3 Å². The average Bonchev–Trinajstić information content (AvgIpc) is 2.96. The van der Waals surface area contributed by atoms with Crippen molar-refractivity contribution in [2.24, 2.45) is 0 Å². The topological polar surface area (TPSA) is 43.1 Å². The molecule has 0 amide bonds. The Morgan fingerprint density at radius 3 is 2.25 bits per heavy atom. The van der Waals surface area contributed by atoms with Crippen molar-refractivity contribution in [1.82, 2.24) is 19.8 Å². The Morgan fingerprint density at radius 1 is 1.00 bits per heavy atom. The Morgan fingerprint density at radius 2 is 1.67 bits per heavy atom. The van der Waals surface area contributed by atoms with Crippen LogP contribution in [0, 0.1) is 0 Å². The van der Waals surface area contributed by atoms with Gasteiger partial charge in [0.25, 0.3) is 11.7 Å². The van der Waals surface area contributed by atoms with Crippen LogP contribution in [0.3, 0.4) is 0 Å². The molecule has 2 aromatic heterocycles. The van der Waals surface area contributed by atoms with Gasteiger partial charge in [-0.05, 0) is 17.7 Å². The molecule has 1 aliphatic rings. The fraction of sp³-hybridized carbons (Fsp3) is 0.267. The number of halogens is 5. The lowest BCUT2D eigenvalue weighted by molar-refractivity contribution is -0.146. The van der Waals surface area contributed by atoms with Crippen molar-refractivity contribution in [3.05, 3.63) is 47.8 Å². The van der Waals surface area contributed by atoms with Gasteiger partial charge in [0.05, 0.1) is 11.6 Å². The predicted molar refractivity (Wildman–Crippen MR) is 73.5 cm³/mol. The van der Waals surface area contributed by atoms with Crippen LogP contribution in [0.1, 0.15) is 23.7 Å². The summed E-state index contributed by atoms with van der Waals surface area (Å²) < 4.78 is 65.4. The Balaban J connectivity index is 1.71. The molecule has 2 heterocycles. The van der Waals surface area contributed by atoms with E-state index < -0.39 is 23.8 Å². The summed E-state index contributed by atoms with van der Waals surface area (Å²) in [5.74, 6) is -4.66. The fourth-order valence-electron chi connectivity index (χ4n) is 2.58. The summed E-state index contributed by atoms with van der Waals surface area (Å²) in [4.78, 5) is 0. The normalized spacial score (nSPS) is 19.6. The molecule has 4 nitrogen and oxygen atoms in total. The van der Waals surface area contributed by atoms with Crippen molar-refractivity contribution in [2.75, 3.05) is 0 Å². The minimum Gasteiger partial charge on any atom is -0.206 e. The molecule has 0 bridgehead atoms. The number of fused-ring (bicyclic) bond motifs is 1. The van der Waals surface area contributed by atoms with Gasteiger partial charge in [0.15, 0.2) is 5.65 Å². The maximum atomic E-state index is 13.1. The first-order valence-electron chi connectivity index (χ1n) is 7.03. The Bertz CT molecular complexity index is 914. The van der Waals surface area contributed by atoms with E-state index in [1.807, 2.05) is 0 Å². The number of rotatable bonds is 2. The molecular formula is C15H9F5N4. The van der Waals surface area contributed by atoms with Crippen molar-refractivity contribution in [3.63, 3.8) is 0 Å². The number of benzene rings is 1. The molecule has 0 saturated heterocycles. The number of nitrogens with zero attached hydrogens (tertiary/aromatic N) is 4. The number of alkyl halides is 5. The lowest BCUT2D eigenvalue weighted by atomic mass is 10.1. The highest BCUT2D eigenvalue weighted by molar-refractivity contribution is 5.61. The molecular weight excluding hydrogens is 331 g/mol. The third-order valence-corrected chi connectivity index (χ3v) is 3.95. The zero-order valence-electron chi connectivity index (χ0n) is 11.9. The minimum atomic E-state index is -4.67. The van der Waals surface area contributed by atoms with Crippen LogP contribution in [0.2, 0.25) is 0 Å². The molecule has 0 radical (unpaired) electrons. The molecule has 3 aromatic rings. The second-order valence-electron chi connectivity index (χ2n) is 5.65. The fourth-order valence-corrected chi connectivity index (χ4v) is 2.58. The zero-order valence-corrected chi connectivity index (χ0v) is 11.9. The van der Waals surface area contributed by atoms with Crippen LogP contribution in [0.4, 0.5) is 22.0 Å². The van der Waals surface area contributed by atoms with Crippen molar-refractivity contribution in [1.29, 1.82) is 0 Å². The van der Waals surface area contributed by atoms with Gasteiger partial charge in [0.2, 0.25) is 0 Å². The summed E-state index contributed by atoms with van der Waals surface area (Å²) in [6, 6.07) is 9.09. The third-order valence-electron chi connectivity index (χ3n) is 3.95. The Hall–Kier alpha value is -2.58. The molecule has 1 atom stereocenters. The van der Waals surface area contributed by atoms with E-state index in [9.17, 15) is 22.0 Å². The molecule has 24 heavy (non-hydrogen) atoms. The van der Waals surface area contributed by atoms with Crippen LogP contribution in [0.25, 0.3) is 16.9 Å². The molecule has 4 rings (SSSR count). The first-order chi connectivity index (χ1) is 11.3. The van der Waals surface area contributed by atoms with E-state index in [1.165, 1.54) is 12.1 Å². The largest absolute Gasteiger partial charge is 0.453 e. The van der Waals surface area contributed by atoms with Crippen molar-refractivity contribution in [3.8, 4) is 11.3 Å². The van der Waals surface area contributed by atoms with Crippen LogP contribution < -0.4 is 0 Å². The highest BCUT2D eigenvalue weighted by Gasteiger charge is 2.57. The number of hydrogen-bond donors (Lipinski definition) is 0. The molecule has 1 fully saturated rings. The molecule has 0 spiro atoms. The highest BCUT2D eigenvalue weighted by atomic mass is 19.4. The molecule has 1 saturated carbocycles. The van der Waals surface area contributed by atoms with Gasteiger partial charge in [-0.3, -0.25) is 0 Å². The first-order valence-corrected chi connectivity index (χ1v) is 7.03. The lowest BCUT2D eigenvalue weighted by Crippen LogP contribution is -2.12. The maximum Gasteiger partial charge on any atom is 0.453 e.